The summed E-state index contributed by atoms with van der Waals surface area (Å²) >= 11 is 6.01. The van der Waals surface area contributed by atoms with Crippen LogP contribution >= 0.6 is 11.6 Å². The lowest BCUT2D eigenvalue weighted by molar-refractivity contribution is -0.124. The van der Waals surface area contributed by atoms with Gasteiger partial charge in [0.05, 0.1) is 10.9 Å². The highest BCUT2D eigenvalue weighted by molar-refractivity contribution is 7.89. The second-order valence-corrected chi connectivity index (χ2v) is 9.20. The van der Waals surface area contributed by atoms with Gasteiger partial charge in [-0.1, -0.05) is 41.4 Å². The quantitative estimate of drug-likeness (QED) is 0.823. The van der Waals surface area contributed by atoms with Crippen LogP contribution in [-0.2, 0) is 14.8 Å². The van der Waals surface area contributed by atoms with E-state index >= 15 is 0 Å². The Bertz CT molecular complexity index is 928. The smallest absolute Gasteiger partial charge is 0.243 e. The fourth-order valence-electron chi connectivity index (χ4n) is 3.30. The molecule has 1 amide bonds. The van der Waals surface area contributed by atoms with Crippen molar-refractivity contribution in [1.29, 1.82) is 0 Å². The maximum absolute atomic E-state index is 13.0. The lowest BCUT2D eigenvalue weighted by Crippen LogP contribution is -2.46. The summed E-state index contributed by atoms with van der Waals surface area (Å²) in [5.41, 5.74) is 1.86. The lowest BCUT2D eigenvalue weighted by atomic mass is 10.1. The topological polar surface area (TPSA) is 66.5 Å². The normalized spacial score (nSPS) is 19.0. The van der Waals surface area contributed by atoms with E-state index in [-0.39, 0.29) is 16.8 Å². The number of amides is 1. The van der Waals surface area contributed by atoms with Gasteiger partial charge in [-0.3, -0.25) is 4.79 Å². The molecule has 0 spiro atoms. The SMILES string of the molecule is Cc1ccc(S(=O)(=O)N2CCC[C@H]2C(=O)NC(C)c2cccc(Cl)c2)cc1. The van der Waals surface area contributed by atoms with Gasteiger partial charge in [-0.15, -0.1) is 0 Å². The summed E-state index contributed by atoms with van der Waals surface area (Å²) in [5.74, 6) is -0.282. The molecule has 3 rings (SSSR count). The molecule has 2 atom stereocenters. The van der Waals surface area contributed by atoms with E-state index in [0.717, 1.165) is 11.1 Å². The number of nitrogens with zero attached hydrogens (tertiary/aromatic N) is 1. The summed E-state index contributed by atoms with van der Waals surface area (Å²) in [6.07, 6.45) is 1.17. The first-order chi connectivity index (χ1) is 12.8. The van der Waals surface area contributed by atoms with Crippen LogP contribution in [-0.4, -0.2) is 31.2 Å². The van der Waals surface area contributed by atoms with E-state index in [4.69, 9.17) is 11.6 Å². The van der Waals surface area contributed by atoms with Crippen molar-refractivity contribution >= 4 is 27.5 Å². The molecule has 1 N–H and O–H groups in total. The Morgan fingerprint density at radius 3 is 2.59 bits per heavy atom. The summed E-state index contributed by atoms with van der Waals surface area (Å²) in [5, 5.41) is 3.52. The molecule has 5 nitrogen and oxygen atoms in total. The molecule has 0 saturated carbocycles. The maximum Gasteiger partial charge on any atom is 0.243 e. The molecule has 0 bridgehead atoms. The number of carbonyl (C=O) groups excluding carboxylic acids is 1. The molecule has 0 radical (unpaired) electrons. The van der Waals surface area contributed by atoms with Gasteiger partial charge in [-0.05, 0) is 56.5 Å². The van der Waals surface area contributed by atoms with Crippen LogP contribution < -0.4 is 5.32 Å². The predicted molar refractivity (Wildman–Crippen MR) is 106 cm³/mol. The summed E-state index contributed by atoms with van der Waals surface area (Å²) in [6, 6.07) is 13.0. The molecule has 27 heavy (non-hydrogen) atoms. The predicted octanol–water partition coefficient (Wildman–Crippen LogP) is 3.68. The zero-order valence-corrected chi connectivity index (χ0v) is 16.9. The van der Waals surface area contributed by atoms with Crippen molar-refractivity contribution in [2.75, 3.05) is 6.54 Å². The Hall–Kier alpha value is -1.89. The maximum atomic E-state index is 13.0. The zero-order valence-electron chi connectivity index (χ0n) is 15.4. The van der Waals surface area contributed by atoms with Gasteiger partial charge in [-0.25, -0.2) is 8.42 Å². The van der Waals surface area contributed by atoms with Gasteiger partial charge < -0.3 is 5.32 Å². The van der Waals surface area contributed by atoms with E-state index in [1.807, 2.05) is 26.0 Å². The van der Waals surface area contributed by atoms with E-state index in [0.29, 0.717) is 24.4 Å². The van der Waals surface area contributed by atoms with E-state index in [1.165, 1.54) is 4.31 Å². The van der Waals surface area contributed by atoms with Crippen molar-refractivity contribution in [3.8, 4) is 0 Å². The fourth-order valence-corrected chi connectivity index (χ4v) is 5.16. The highest BCUT2D eigenvalue weighted by Crippen LogP contribution is 2.27. The number of carbonyl (C=O) groups is 1. The molecule has 0 aromatic heterocycles. The minimum atomic E-state index is -3.71. The average molecular weight is 407 g/mol. The monoisotopic (exact) mass is 406 g/mol. The van der Waals surface area contributed by atoms with Crippen LogP contribution in [0.15, 0.2) is 53.4 Å². The summed E-state index contributed by atoms with van der Waals surface area (Å²) in [4.78, 5) is 13.0. The van der Waals surface area contributed by atoms with E-state index in [9.17, 15) is 13.2 Å². The van der Waals surface area contributed by atoms with E-state index in [2.05, 4.69) is 5.32 Å². The molecule has 1 heterocycles. The van der Waals surface area contributed by atoms with Crippen molar-refractivity contribution in [2.24, 2.45) is 0 Å². The highest BCUT2D eigenvalue weighted by atomic mass is 35.5. The number of benzene rings is 2. The number of nitrogens with one attached hydrogen (secondary N) is 1. The first-order valence-electron chi connectivity index (χ1n) is 8.93. The third-order valence-corrected chi connectivity index (χ3v) is 7.00. The minimum Gasteiger partial charge on any atom is -0.348 e. The highest BCUT2D eigenvalue weighted by Gasteiger charge is 2.39. The average Bonchev–Trinajstić information content (AvgIpc) is 3.13. The molecular weight excluding hydrogens is 384 g/mol. The third-order valence-electron chi connectivity index (χ3n) is 4.84. The van der Waals surface area contributed by atoms with Crippen molar-refractivity contribution in [2.45, 2.75) is 43.7 Å². The van der Waals surface area contributed by atoms with Crippen LogP contribution in [0.3, 0.4) is 0 Å². The first kappa shape index (κ1) is 19.9. The summed E-state index contributed by atoms with van der Waals surface area (Å²) in [6.45, 7) is 4.11. The van der Waals surface area contributed by atoms with E-state index in [1.54, 1.807) is 36.4 Å². The minimum absolute atomic E-state index is 0.218. The van der Waals surface area contributed by atoms with Gasteiger partial charge >= 0.3 is 0 Å². The second kappa shape index (κ2) is 8.00. The number of halogens is 1. The van der Waals surface area contributed by atoms with Gasteiger partial charge in [0, 0.05) is 11.6 Å². The Labute approximate surface area is 165 Å². The lowest BCUT2D eigenvalue weighted by Gasteiger charge is -2.25. The molecule has 1 fully saturated rings. The number of hydrogen-bond donors (Lipinski definition) is 1. The van der Waals surface area contributed by atoms with Crippen LogP contribution in [0.25, 0.3) is 0 Å². The van der Waals surface area contributed by atoms with Gasteiger partial charge in [0.2, 0.25) is 15.9 Å². The molecular formula is C20H23ClN2O3S. The Morgan fingerprint density at radius 2 is 1.93 bits per heavy atom. The number of sulfonamides is 1. The second-order valence-electron chi connectivity index (χ2n) is 6.87. The molecule has 144 valence electrons. The Kier molecular flexibility index (Phi) is 5.89. The Balaban J connectivity index is 1.77. The van der Waals surface area contributed by atoms with E-state index < -0.39 is 16.1 Å². The summed E-state index contributed by atoms with van der Waals surface area (Å²) < 4.78 is 27.3. The summed E-state index contributed by atoms with van der Waals surface area (Å²) in [7, 11) is -3.71. The van der Waals surface area contributed by atoms with Crippen LogP contribution in [0.5, 0.6) is 0 Å². The van der Waals surface area contributed by atoms with Crippen LogP contribution in [0.1, 0.15) is 36.9 Å². The molecule has 1 aliphatic heterocycles. The number of aryl methyl sites for hydroxylation is 1. The molecule has 2 aromatic rings. The van der Waals surface area contributed by atoms with Crippen LogP contribution in [0.4, 0.5) is 0 Å². The molecule has 1 unspecified atom stereocenters. The Morgan fingerprint density at radius 1 is 1.22 bits per heavy atom. The molecule has 1 saturated heterocycles. The molecule has 0 aliphatic carbocycles. The molecule has 1 aliphatic rings. The zero-order chi connectivity index (χ0) is 19.6. The van der Waals surface area contributed by atoms with Gasteiger partial charge in [0.25, 0.3) is 0 Å². The standard InChI is InChI=1S/C20H23ClN2O3S/c1-14-8-10-18(11-9-14)27(25,26)23-12-4-7-19(23)20(24)22-15(2)16-5-3-6-17(21)13-16/h3,5-6,8-11,13,15,19H,4,7,12H2,1-2H3,(H,22,24)/t15?,19-/m0/s1. The van der Waals surface area contributed by atoms with Gasteiger partial charge in [0.15, 0.2) is 0 Å². The van der Waals surface area contributed by atoms with Crippen LogP contribution in [0, 0.1) is 6.92 Å². The van der Waals surface area contributed by atoms with Crippen molar-refractivity contribution in [3.63, 3.8) is 0 Å². The first-order valence-corrected chi connectivity index (χ1v) is 10.7. The van der Waals surface area contributed by atoms with Crippen molar-refractivity contribution < 1.29 is 13.2 Å². The van der Waals surface area contributed by atoms with Crippen molar-refractivity contribution in [3.05, 3.63) is 64.7 Å². The largest absolute Gasteiger partial charge is 0.348 e. The number of rotatable bonds is 5. The van der Waals surface area contributed by atoms with Gasteiger partial charge in [-0.2, -0.15) is 4.31 Å². The number of hydrogen-bond acceptors (Lipinski definition) is 3. The van der Waals surface area contributed by atoms with Crippen LogP contribution in [0.2, 0.25) is 5.02 Å². The van der Waals surface area contributed by atoms with Crippen molar-refractivity contribution in [1.82, 2.24) is 9.62 Å². The van der Waals surface area contributed by atoms with Gasteiger partial charge in [0.1, 0.15) is 6.04 Å². The fraction of sp³-hybridized carbons (Fsp3) is 0.350. The molecule has 7 heteroatoms. The third kappa shape index (κ3) is 4.34. The molecule has 2 aromatic carbocycles.